The van der Waals surface area contributed by atoms with Crippen LogP contribution in [0.15, 0.2) is 48.5 Å². The Hall–Kier alpha value is -2.20. The molecule has 2 aromatic carbocycles. The lowest BCUT2D eigenvalue weighted by atomic mass is 10.1. The van der Waals surface area contributed by atoms with Crippen LogP contribution < -0.4 is 19.9 Å². The molecule has 1 N–H and O–H groups in total. The Kier molecular flexibility index (Phi) is 4.30. The van der Waals surface area contributed by atoms with Crippen molar-refractivity contribution in [2.45, 2.75) is 19.6 Å². The minimum absolute atomic E-state index is 0.199. The van der Waals surface area contributed by atoms with Crippen molar-refractivity contribution in [1.29, 1.82) is 0 Å². The average molecular weight is 323 g/mol. The van der Waals surface area contributed by atoms with Gasteiger partial charge in [-0.3, -0.25) is 0 Å². The fourth-order valence-electron chi connectivity index (χ4n) is 3.64. The van der Waals surface area contributed by atoms with Gasteiger partial charge in [-0.15, -0.1) is 0 Å². The zero-order chi connectivity index (χ0) is 16.4. The molecule has 1 atom stereocenters. The third kappa shape index (κ3) is 3.06. The molecule has 2 aliphatic heterocycles. The van der Waals surface area contributed by atoms with Crippen molar-refractivity contribution < 1.29 is 4.74 Å². The minimum Gasteiger partial charge on any atom is -0.485 e. The summed E-state index contributed by atoms with van der Waals surface area (Å²) < 4.78 is 6.28. The molecule has 0 aliphatic carbocycles. The first-order chi connectivity index (χ1) is 11.8. The van der Waals surface area contributed by atoms with Crippen LogP contribution in [0.5, 0.6) is 5.75 Å². The number of piperazine rings is 1. The molecule has 24 heavy (non-hydrogen) atoms. The molecule has 0 saturated carbocycles. The maximum Gasteiger partial charge on any atom is 0.166 e. The summed E-state index contributed by atoms with van der Waals surface area (Å²) in [5.74, 6) is 1.05. The van der Waals surface area contributed by atoms with Gasteiger partial charge in [-0.05, 0) is 24.6 Å². The quantitative estimate of drug-likeness (QED) is 0.940. The number of para-hydroxylation sites is 1. The van der Waals surface area contributed by atoms with Crippen molar-refractivity contribution in [3.63, 3.8) is 0 Å². The molecular weight excluding hydrogens is 298 g/mol. The van der Waals surface area contributed by atoms with Crippen LogP contribution in [0.4, 0.5) is 11.4 Å². The highest BCUT2D eigenvalue weighted by molar-refractivity contribution is 5.74. The molecule has 0 radical (unpaired) electrons. The molecule has 2 aliphatic rings. The average Bonchev–Trinajstić information content (AvgIpc) is 2.63. The lowest BCUT2D eigenvalue weighted by molar-refractivity contribution is 0.212. The van der Waals surface area contributed by atoms with Gasteiger partial charge in [0, 0.05) is 32.7 Å². The molecule has 4 heteroatoms. The summed E-state index contributed by atoms with van der Waals surface area (Å²) in [6.45, 7) is 8.15. The summed E-state index contributed by atoms with van der Waals surface area (Å²) >= 11 is 0. The summed E-state index contributed by atoms with van der Waals surface area (Å²) in [5.41, 5.74) is 3.79. The van der Waals surface area contributed by atoms with E-state index in [1.54, 1.807) is 0 Å². The third-order valence-electron chi connectivity index (χ3n) is 4.78. The second-order valence-electron chi connectivity index (χ2n) is 6.66. The number of nitrogens with one attached hydrogen (secondary N) is 1. The number of hydrogen-bond acceptors (Lipinski definition) is 4. The summed E-state index contributed by atoms with van der Waals surface area (Å²) in [6, 6.07) is 17.2. The van der Waals surface area contributed by atoms with E-state index in [0.717, 1.165) is 45.0 Å². The van der Waals surface area contributed by atoms with Crippen LogP contribution in [0.1, 0.15) is 12.5 Å². The number of ether oxygens (including phenoxy) is 1. The molecule has 0 bridgehead atoms. The molecule has 1 fully saturated rings. The Balaban J connectivity index is 1.66. The number of rotatable bonds is 3. The fourth-order valence-corrected chi connectivity index (χ4v) is 3.64. The number of hydrogen-bond donors (Lipinski definition) is 1. The molecule has 0 amide bonds. The van der Waals surface area contributed by atoms with Gasteiger partial charge in [0.2, 0.25) is 0 Å². The van der Waals surface area contributed by atoms with Crippen LogP contribution in [0.2, 0.25) is 0 Å². The van der Waals surface area contributed by atoms with Crippen LogP contribution >= 0.6 is 0 Å². The predicted molar refractivity (Wildman–Crippen MR) is 99.1 cm³/mol. The van der Waals surface area contributed by atoms with Crippen molar-refractivity contribution in [3.05, 3.63) is 54.1 Å². The molecule has 0 spiro atoms. The van der Waals surface area contributed by atoms with Crippen molar-refractivity contribution in [2.75, 3.05) is 42.5 Å². The van der Waals surface area contributed by atoms with Crippen LogP contribution in [-0.2, 0) is 6.54 Å². The number of anilines is 2. The molecular formula is C20H25N3O. The summed E-state index contributed by atoms with van der Waals surface area (Å²) in [5, 5.41) is 3.42. The maximum absolute atomic E-state index is 6.28. The second-order valence-corrected chi connectivity index (χ2v) is 6.66. The van der Waals surface area contributed by atoms with Crippen LogP contribution in [-0.4, -0.2) is 38.8 Å². The largest absolute Gasteiger partial charge is 0.485 e. The molecule has 2 heterocycles. The van der Waals surface area contributed by atoms with E-state index in [4.69, 9.17) is 4.74 Å². The van der Waals surface area contributed by atoms with E-state index in [1.807, 2.05) is 0 Å². The van der Waals surface area contributed by atoms with Crippen molar-refractivity contribution in [3.8, 4) is 5.75 Å². The van der Waals surface area contributed by atoms with Crippen LogP contribution in [0.25, 0.3) is 0 Å². The molecule has 0 aromatic heterocycles. The Morgan fingerprint density at radius 3 is 2.54 bits per heavy atom. The van der Waals surface area contributed by atoms with Gasteiger partial charge in [0.15, 0.2) is 5.75 Å². The first kappa shape index (κ1) is 15.3. The van der Waals surface area contributed by atoms with E-state index in [2.05, 4.69) is 70.6 Å². The number of fused-ring (bicyclic) bond motifs is 1. The normalized spacial score (nSPS) is 20.5. The molecule has 1 saturated heterocycles. The van der Waals surface area contributed by atoms with Gasteiger partial charge in [0.1, 0.15) is 6.10 Å². The lowest BCUT2D eigenvalue weighted by Crippen LogP contribution is -2.44. The SMILES string of the molecule is CC1CN(Cc2ccccc2)c2cccc(N3CCNCC3)c2O1. The Morgan fingerprint density at radius 1 is 1.00 bits per heavy atom. The van der Waals surface area contributed by atoms with Gasteiger partial charge in [0.05, 0.1) is 17.9 Å². The highest BCUT2D eigenvalue weighted by Gasteiger charge is 2.27. The Morgan fingerprint density at radius 2 is 1.75 bits per heavy atom. The zero-order valence-electron chi connectivity index (χ0n) is 14.2. The lowest BCUT2D eigenvalue weighted by Gasteiger charge is -2.39. The van der Waals surface area contributed by atoms with Crippen molar-refractivity contribution in [1.82, 2.24) is 5.32 Å². The highest BCUT2D eigenvalue weighted by Crippen LogP contribution is 2.42. The van der Waals surface area contributed by atoms with E-state index in [0.29, 0.717) is 0 Å². The standard InChI is InChI=1S/C20H25N3O/c1-16-14-23(15-17-6-3-2-4-7-17)19-9-5-8-18(20(19)24-16)22-12-10-21-11-13-22/h2-9,16,21H,10-15H2,1H3. The molecule has 4 nitrogen and oxygen atoms in total. The Bertz CT molecular complexity index is 683. The van der Waals surface area contributed by atoms with E-state index >= 15 is 0 Å². The van der Waals surface area contributed by atoms with Crippen LogP contribution in [0, 0.1) is 0 Å². The van der Waals surface area contributed by atoms with Crippen molar-refractivity contribution in [2.24, 2.45) is 0 Å². The molecule has 1 unspecified atom stereocenters. The van der Waals surface area contributed by atoms with Gasteiger partial charge in [-0.25, -0.2) is 0 Å². The zero-order valence-corrected chi connectivity index (χ0v) is 14.2. The van der Waals surface area contributed by atoms with E-state index < -0.39 is 0 Å². The minimum atomic E-state index is 0.199. The Labute approximate surface area is 144 Å². The monoisotopic (exact) mass is 323 g/mol. The predicted octanol–water partition coefficient (Wildman–Crippen LogP) is 2.88. The fraction of sp³-hybridized carbons (Fsp3) is 0.400. The van der Waals surface area contributed by atoms with E-state index in [-0.39, 0.29) is 6.10 Å². The van der Waals surface area contributed by atoms with Gasteiger partial charge in [-0.2, -0.15) is 0 Å². The summed E-state index contributed by atoms with van der Waals surface area (Å²) in [4.78, 5) is 4.89. The third-order valence-corrected chi connectivity index (χ3v) is 4.78. The van der Waals surface area contributed by atoms with Crippen LogP contribution in [0.3, 0.4) is 0 Å². The van der Waals surface area contributed by atoms with Gasteiger partial charge < -0.3 is 19.9 Å². The number of nitrogens with zero attached hydrogens (tertiary/aromatic N) is 2. The molecule has 2 aromatic rings. The smallest absolute Gasteiger partial charge is 0.166 e. The highest BCUT2D eigenvalue weighted by atomic mass is 16.5. The van der Waals surface area contributed by atoms with Gasteiger partial charge >= 0.3 is 0 Å². The molecule has 126 valence electrons. The summed E-state index contributed by atoms with van der Waals surface area (Å²) in [7, 11) is 0. The summed E-state index contributed by atoms with van der Waals surface area (Å²) in [6.07, 6.45) is 0.199. The first-order valence-electron chi connectivity index (χ1n) is 8.85. The van der Waals surface area contributed by atoms with E-state index in [9.17, 15) is 0 Å². The first-order valence-corrected chi connectivity index (χ1v) is 8.85. The topological polar surface area (TPSA) is 27.7 Å². The van der Waals surface area contributed by atoms with Gasteiger partial charge in [-0.1, -0.05) is 36.4 Å². The molecule has 4 rings (SSSR count). The van der Waals surface area contributed by atoms with Crippen molar-refractivity contribution >= 4 is 11.4 Å². The van der Waals surface area contributed by atoms with E-state index in [1.165, 1.54) is 16.9 Å². The second kappa shape index (κ2) is 6.73. The van der Waals surface area contributed by atoms with Gasteiger partial charge in [0.25, 0.3) is 0 Å². The maximum atomic E-state index is 6.28. The number of benzene rings is 2.